The topological polar surface area (TPSA) is 12.5 Å². The lowest BCUT2D eigenvalue weighted by Crippen LogP contribution is -2.11. The summed E-state index contributed by atoms with van der Waals surface area (Å²) >= 11 is 1.79. The van der Waals surface area contributed by atoms with E-state index in [0.717, 1.165) is 12.3 Å². The SMILES string of the molecule is COc1ccc(Sc2ccccc2CN(C)C)cc1.Cl. The molecular formula is C16H20ClNOS. The van der Waals surface area contributed by atoms with Crippen molar-refractivity contribution in [3.8, 4) is 5.75 Å². The molecule has 0 spiro atoms. The fourth-order valence-electron chi connectivity index (χ4n) is 1.85. The predicted molar refractivity (Wildman–Crippen MR) is 88.2 cm³/mol. The molecule has 0 bridgehead atoms. The zero-order valence-electron chi connectivity index (χ0n) is 12.0. The normalized spacial score (nSPS) is 10.2. The second-order valence-corrected chi connectivity index (χ2v) is 5.74. The van der Waals surface area contributed by atoms with Gasteiger partial charge in [0.25, 0.3) is 0 Å². The fraction of sp³-hybridized carbons (Fsp3) is 0.250. The van der Waals surface area contributed by atoms with Gasteiger partial charge in [-0.1, -0.05) is 30.0 Å². The van der Waals surface area contributed by atoms with E-state index in [2.05, 4.69) is 55.4 Å². The van der Waals surface area contributed by atoms with E-state index in [1.807, 2.05) is 12.1 Å². The molecule has 2 nitrogen and oxygen atoms in total. The first-order valence-electron chi connectivity index (χ1n) is 6.23. The Bertz CT molecular complexity index is 528. The molecule has 0 saturated heterocycles. The van der Waals surface area contributed by atoms with Crippen LogP contribution in [0.5, 0.6) is 5.75 Å². The second-order valence-electron chi connectivity index (χ2n) is 4.62. The Balaban J connectivity index is 0.00000200. The molecule has 2 aromatic carbocycles. The lowest BCUT2D eigenvalue weighted by molar-refractivity contribution is 0.399. The third-order valence-electron chi connectivity index (χ3n) is 2.75. The lowest BCUT2D eigenvalue weighted by atomic mass is 10.2. The Morgan fingerprint density at radius 2 is 1.65 bits per heavy atom. The zero-order valence-corrected chi connectivity index (χ0v) is 13.6. The van der Waals surface area contributed by atoms with Crippen LogP contribution in [0.1, 0.15) is 5.56 Å². The number of rotatable bonds is 5. The molecule has 0 aromatic heterocycles. The molecule has 0 amide bonds. The number of methoxy groups -OCH3 is 1. The van der Waals surface area contributed by atoms with Crippen LogP contribution >= 0.6 is 24.2 Å². The van der Waals surface area contributed by atoms with Gasteiger partial charge in [0, 0.05) is 16.3 Å². The summed E-state index contributed by atoms with van der Waals surface area (Å²) < 4.78 is 5.18. The number of halogens is 1. The first-order chi connectivity index (χ1) is 9.19. The molecule has 0 radical (unpaired) electrons. The van der Waals surface area contributed by atoms with Crippen LogP contribution in [-0.4, -0.2) is 26.1 Å². The summed E-state index contributed by atoms with van der Waals surface area (Å²) in [5, 5.41) is 0. The van der Waals surface area contributed by atoms with E-state index < -0.39 is 0 Å². The van der Waals surface area contributed by atoms with Gasteiger partial charge in [0.1, 0.15) is 5.75 Å². The molecule has 108 valence electrons. The maximum Gasteiger partial charge on any atom is 0.118 e. The minimum absolute atomic E-state index is 0. The monoisotopic (exact) mass is 309 g/mol. The molecule has 0 fully saturated rings. The molecule has 2 aromatic rings. The highest BCUT2D eigenvalue weighted by Gasteiger charge is 2.05. The number of benzene rings is 2. The Kier molecular flexibility index (Phi) is 6.93. The third-order valence-corrected chi connectivity index (χ3v) is 3.87. The highest BCUT2D eigenvalue weighted by atomic mass is 35.5. The molecule has 0 aliphatic heterocycles. The molecule has 0 aliphatic carbocycles. The van der Waals surface area contributed by atoms with Crippen molar-refractivity contribution in [2.24, 2.45) is 0 Å². The van der Waals surface area contributed by atoms with Crippen molar-refractivity contribution >= 4 is 24.2 Å². The Morgan fingerprint density at radius 3 is 2.25 bits per heavy atom. The molecule has 4 heteroatoms. The molecule has 0 saturated carbocycles. The summed E-state index contributed by atoms with van der Waals surface area (Å²) in [4.78, 5) is 4.72. The molecule has 0 heterocycles. The number of hydrogen-bond acceptors (Lipinski definition) is 3. The average Bonchev–Trinajstić information content (AvgIpc) is 2.41. The van der Waals surface area contributed by atoms with Gasteiger partial charge in [0.05, 0.1) is 7.11 Å². The van der Waals surface area contributed by atoms with Gasteiger partial charge in [0.15, 0.2) is 0 Å². The minimum atomic E-state index is 0. The van der Waals surface area contributed by atoms with E-state index in [9.17, 15) is 0 Å². The Labute approximate surface area is 131 Å². The zero-order chi connectivity index (χ0) is 13.7. The van der Waals surface area contributed by atoms with Crippen molar-refractivity contribution in [1.82, 2.24) is 4.90 Å². The summed E-state index contributed by atoms with van der Waals surface area (Å²) in [6.07, 6.45) is 0. The van der Waals surface area contributed by atoms with Crippen LogP contribution in [0.2, 0.25) is 0 Å². The van der Waals surface area contributed by atoms with Crippen molar-refractivity contribution in [2.45, 2.75) is 16.3 Å². The van der Waals surface area contributed by atoms with Gasteiger partial charge in [-0.25, -0.2) is 0 Å². The van der Waals surface area contributed by atoms with Gasteiger partial charge in [-0.05, 0) is 50.0 Å². The van der Waals surface area contributed by atoms with Gasteiger partial charge < -0.3 is 9.64 Å². The molecule has 20 heavy (non-hydrogen) atoms. The maximum absolute atomic E-state index is 5.18. The number of ether oxygens (including phenoxy) is 1. The van der Waals surface area contributed by atoms with Crippen LogP contribution in [0, 0.1) is 0 Å². The van der Waals surface area contributed by atoms with Gasteiger partial charge in [-0.3, -0.25) is 0 Å². The van der Waals surface area contributed by atoms with Gasteiger partial charge >= 0.3 is 0 Å². The number of nitrogens with zero attached hydrogens (tertiary/aromatic N) is 1. The van der Waals surface area contributed by atoms with Crippen LogP contribution in [0.25, 0.3) is 0 Å². The second kappa shape index (κ2) is 8.20. The van der Waals surface area contributed by atoms with Crippen LogP contribution in [0.3, 0.4) is 0 Å². The van der Waals surface area contributed by atoms with Crippen LogP contribution in [0.4, 0.5) is 0 Å². The largest absolute Gasteiger partial charge is 0.497 e. The fourth-order valence-corrected chi connectivity index (χ4v) is 2.78. The van der Waals surface area contributed by atoms with Crippen molar-refractivity contribution < 1.29 is 4.74 Å². The Hall–Kier alpha value is -1.16. The summed E-state index contributed by atoms with van der Waals surface area (Å²) in [6.45, 7) is 0.958. The van der Waals surface area contributed by atoms with Gasteiger partial charge in [-0.2, -0.15) is 0 Å². The summed E-state index contributed by atoms with van der Waals surface area (Å²) in [5.74, 6) is 0.894. The van der Waals surface area contributed by atoms with Crippen molar-refractivity contribution in [3.63, 3.8) is 0 Å². The molecular weight excluding hydrogens is 290 g/mol. The summed E-state index contributed by atoms with van der Waals surface area (Å²) in [5.41, 5.74) is 1.35. The quantitative estimate of drug-likeness (QED) is 0.815. The maximum atomic E-state index is 5.18. The molecule has 0 atom stereocenters. The highest BCUT2D eigenvalue weighted by molar-refractivity contribution is 7.99. The highest BCUT2D eigenvalue weighted by Crippen LogP contribution is 2.31. The van der Waals surface area contributed by atoms with E-state index in [4.69, 9.17) is 4.74 Å². The molecule has 0 N–H and O–H groups in total. The van der Waals surface area contributed by atoms with Gasteiger partial charge in [-0.15, -0.1) is 12.4 Å². The van der Waals surface area contributed by atoms with E-state index in [-0.39, 0.29) is 12.4 Å². The molecule has 0 aliphatic rings. The smallest absolute Gasteiger partial charge is 0.118 e. The van der Waals surface area contributed by atoms with Crippen LogP contribution in [0.15, 0.2) is 58.3 Å². The van der Waals surface area contributed by atoms with E-state index in [0.29, 0.717) is 0 Å². The lowest BCUT2D eigenvalue weighted by Gasteiger charge is -2.13. The molecule has 0 unspecified atom stereocenters. The first kappa shape index (κ1) is 16.9. The average molecular weight is 310 g/mol. The summed E-state index contributed by atoms with van der Waals surface area (Å²) in [6, 6.07) is 16.7. The van der Waals surface area contributed by atoms with E-state index in [1.54, 1.807) is 18.9 Å². The predicted octanol–water partition coefficient (Wildman–Crippen LogP) is 4.33. The number of hydrogen-bond donors (Lipinski definition) is 0. The molecule has 2 rings (SSSR count). The standard InChI is InChI=1S/C16H19NOS.ClH/c1-17(2)12-13-6-4-5-7-16(13)19-15-10-8-14(18-3)9-11-15;/h4-11H,12H2,1-3H3;1H. The van der Waals surface area contributed by atoms with Crippen LogP contribution in [-0.2, 0) is 6.54 Å². The van der Waals surface area contributed by atoms with Gasteiger partial charge in [0.2, 0.25) is 0 Å². The van der Waals surface area contributed by atoms with Crippen molar-refractivity contribution in [3.05, 3.63) is 54.1 Å². The van der Waals surface area contributed by atoms with Crippen molar-refractivity contribution in [1.29, 1.82) is 0 Å². The van der Waals surface area contributed by atoms with E-state index >= 15 is 0 Å². The third kappa shape index (κ3) is 4.75. The van der Waals surface area contributed by atoms with E-state index in [1.165, 1.54) is 15.4 Å². The summed E-state index contributed by atoms with van der Waals surface area (Å²) in [7, 11) is 5.87. The Morgan fingerprint density at radius 1 is 1.00 bits per heavy atom. The first-order valence-corrected chi connectivity index (χ1v) is 7.05. The van der Waals surface area contributed by atoms with Crippen LogP contribution < -0.4 is 4.74 Å². The van der Waals surface area contributed by atoms with Crippen molar-refractivity contribution in [2.75, 3.05) is 21.2 Å². The minimum Gasteiger partial charge on any atom is -0.497 e.